The molecule has 1 heterocycles. The molecular formula is C15H22BrClN2O3. The number of amides is 1. The molecule has 5 nitrogen and oxygen atoms in total. The highest BCUT2D eigenvalue weighted by molar-refractivity contribution is 9.10. The summed E-state index contributed by atoms with van der Waals surface area (Å²) in [4.78, 5) is 12.3. The molecule has 0 spiro atoms. The van der Waals surface area contributed by atoms with Crippen LogP contribution in [0, 0.1) is 0 Å². The number of ether oxygens (including phenoxy) is 2. The Morgan fingerprint density at radius 3 is 2.59 bits per heavy atom. The minimum atomic E-state index is -0.360. The fourth-order valence-electron chi connectivity index (χ4n) is 2.10. The standard InChI is InChI=1S/C15H21BrN2O3.ClH/c1-3-15(17,4-2)9-18-14(19)10-7-11(16)13-12(8-10)20-5-6-21-13;/h7-8H,3-6,9,17H2,1-2H3,(H,18,19);1H. The molecule has 1 aromatic rings. The Kier molecular flexibility index (Phi) is 6.97. The van der Waals surface area contributed by atoms with E-state index in [4.69, 9.17) is 15.2 Å². The van der Waals surface area contributed by atoms with Gasteiger partial charge in [0.15, 0.2) is 11.5 Å². The van der Waals surface area contributed by atoms with E-state index in [2.05, 4.69) is 21.2 Å². The lowest BCUT2D eigenvalue weighted by Crippen LogP contribution is -2.49. The summed E-state index contributed by atoms with van der Waals surface area (Å²) in [5.41, 5.74) is 6.36. The Labute approximate surface area is 145 Å². The zero-order chi connectivity index (χ0) is 15.5. The first-order chi connectivity index (χ1) is 9.99. The summed E-state index contributed by atoms with van der Waals surface area (Å²) < 4.78 is 11.8. The lowest BCUT2D eigenvalue weighted by atomic mass is 9.94. The molecule has 3 N–H and O–H groups in total. The number of hydrogen-bond acceptors (Lipinski definition) is 4. The SMILES string of the molecule is CCC(N)(CC)CNC(=O)c1cc(Br)c2c(c1)OCCO2.Cl. The number of nitrogens with two attached hydrogens (primary N) is 1. The van der Waals surface area contributed by atoms with Gasteiger partial charge in [-0.3, -0.25) is 4.79 Å². The second kappa shape index (κ2) is 8.04. The van der Waals surface area contributed by atoms with Crippen molar-refractivity contribution in [3.05, 3.63) is 22.2 Å². The molecule has 0 saturated heterocycles. The fourth-order valence-corrected chi connectivity index (χ4v) is 2.66. The molecule has 0 bridgehead atoms. The first kappa shape index (κ1) is 19.1. The summed E-state index contributed by atoms with van der Waals surface area (Å²) >= 11 is 3.41. The maximum atomic E-state index is 12.3. The minimum absolute atomic E-state index is 0. The summed E-state index contributed by atoms with van der Waals surface area (Å²) in [7, 11) is 0. The van der Waals surface area contributed by atoms with Gasteiger partial charge in [-0.15, -0.1) is 12.4 Å². The Bertz CT molecular complexity index is 536. The molecule has 2 rings (SSSR count). The first-order valence-electron chi connectivity index (χ1n) is 7.15. The number of fused-ring (bicyclic) bond motifs is 1. The zero-order valence-electron chi connectivity index (χ0n) is 12.8. The monoisotopic (exact) mass is 392 g/mol. The third-order valence-corrected chi connectivity index (χ3v) is 4.46. The van der Waals surface area contributed by atoms with Crippen LogP contribution < -0.4 is 20.5 Å². The van der Waals surface area contributed by atoms with Crippen LogP contribution in [0.3, 0.4) is 0 Å². The van der Waals surface area contributed by atoms with Gasteiger partial charge in [0, 0.05) is 17.6 Å². The van der Waals surface area contributed by atoms with Gasteiger partial charge in [0.05, 0.1) is 4.47 Å². The van der Waals surface area contributed by atoms with Crippen LogP contribution in [0.15, 0.2) is 16.6 Å². The van der Waals surface area contributed by atoms with Crippen molar-refractivity contribution < 1.29 is 14.3 Å². The molecule has 124 valence electrons. The van der Waals surface area contributed by atoms with Gasteiger partial charge >= 0.3 is 0 Å². The van der Waals surface area contributed by atoms with Crippen LogP contribution in [0.5, 0.6) is 11.5 Å². The highest BCUT2D eigenvalue weighted by Gasteiger charge is 2.23. The number of carbonyl (C=O) groups is 1. The van der Waals surface area contributed by atoms with Crippen molar-refractivity contribution in [2.24, 2.45) is 5.73 Å². The van der Waals surface area contributed by atoms with E-state index in [9.17, 15) is 4.79 Å². The van der Waals surface area contributed by atoms with Crippen molar-refractivity contribution in [2.45, 2.75) is 32.2 Å². The lowest BCUT2D eigenvalue weighted by molar-refractivity contribution is 0.0940. The molecule has 0 aliphatic carbocycles. The van der Waals surface area contributed by atoms with E-state index < -0.39 is 0 Å². The van der Waals surface area contributed by atoms with E-state index in [1.165, 1.54) is 0 Å². The molecule has 1 amide bonds. The lowest BCUT2D eigenvalue weighted by Gasteiger charge is -2.27. The van der Waals surface area contributed by atoms with E-state index in [0.717, 1.165) is 17.3 Å². The predicted octanol–water partition coefficient (Wildman–Crippen LogP) is 2.89. The van der Waals surface area contributed by atoms with E-state index in [1.54, 1.807) is 12.1 Å². The molecule has 7 heteroatoms. The number of hydrogen-bond donors (Lipinski definition) is 2. The van der Waals surface area contributed by atoms with Gasteiger partial charge in [-0.25, -0.2) is 0 Å². The largest absolute Gasteiger partial charge is 0.486 e. The number of rotatable bonds is 5. The summed E-state index contributed by atoms with van der Waals surface area (Å²) in [6.45, 7) is 5.50. The Morgan fingerprint density at radius 1 is 1.32 bits per heavy atom. The molecule has 0 radical (unpaired) electrons. The second-order valence-electron chi connectivity index (χ2n) is 5.23. The van der Waals surface area contributed by atoms with Crippen molar-refractivity contribution in [3.63, 3.8) is 0 Å². The Hall–Kier alpha value is -0.980. The Morgan fingerprint density at radius 2 is 1.95 bits per heavy atom. The van der Waals surface area contributed by atoms with Crippen molar-refractivity contribution in [2.75, 3.05) is 19.8 Å². The van der Waals surface area contributed by atoms with E-state index >= 15 is 0 Å². The fraction of sp³-hybridized carbons (Fsp3) is 0.533. The van der Waals surface area contributed by atoms with Crippen LogP contribution in [0.4, 0.5) is 0 Å². The normalized spacial score (nSPS) is 13.3. The van der Waals surface area contributed by atoms with Gasteiger partial charge < -0.3 is 20.5 Å². The average Bonchev–Trinajstić information content (AvgIpc) is 2.52. The van der Waals surface area contributed by atoms with Crippen molar-refractivity contribution in [3.8, 4) is 11.5 Å². The molecule has 1 aliphatic heterocycles. The van der Waals surface area contributed by atoms with Crippen LogP contribution in [-0.4, -0.2) is 31.2 Å². The molecular weight excluding hydrogens is 372 g/mol. The molecule has 1 aromatic carbocycles. The second-order valence-corrected chi connectivity index (χ2v) is 6.09. The zero-order valence-corrected chi connectivity index (χ0v) is 15.2. The average molecular weight is 394 g/mol. The molecule has 0 fully saturated rings. The number of nitrogens with one attached hydrogen (secondary N) is 1. The van der Waals surface area contributed by atoms with Crippen molar-refractivity contribution in [1.82, 2.24) is 5.32 Å². The first-order valence-corrected chi connectivity index (χ1v) is 7.94. The summed E-state index contributed by atoms with van der Waals surface area (Å²) in [5.74, 6) is 1.07. The smallest absolute Gasteiger partial charge is 0.251 e. The Balaban J connectivity index is 0.00000242. The summed E-state index contributed by atoms with van der Waals surface area (Å²) in [6, 6.07) is 3.43. The molecule has 0 aromatic heterocycles. The van der Waals surface area contributed by atoms with Crippen LogP contribution in [0.2, 0.25) is 0 Å². The molecule has 0 unspecified atom stereocenters. The van der Waals surface area contributed by atoms with Crippen molar-refractivity contribution in [1.29, 1.82) is 0 Å². The highest BCUT2D eigenvalue weighted by Crippen LogP contribution is 2.38. The minimum Gasteiger partial charge on any atom is -0.486 e. The van der Waals surface area contributed by atoms with Gasteiger partial charge in [0.25, 0.3) is 5.91 Å². The van der Waals surface area contributed by atoms with Gasteiger partial charge in [0.2, 0.25) is 0 Å². The number of carbonyl (C=O) groups excluding carboxylic acids is 1. The summed E-state index contributed by atoms with van der Waals surface area (Å²) in [5, 5.41) is 2.89. The third kappa shape index (κ3) is 4.27. The molecule has 1 aliphatic rings. The quantitative estimate of drug-likeness (QED) is 0.807. The molecule has 0 saturated carbocycles. The van der Waals surface area contributed by atoms with Gasteiger partial charge in [0.1, 0.15) is 13.2 Å². The topological polar surface area (TPSA) is 73.6 Å². The van der Waals surface area contributed by atoms with Gasteiger partial charge in [-0.05, 0) is 40.9 Å². The number of benzene rings is 1. The van der Waals surface area contributed by atoms with Crippen LogP contribution >= 0.6 is 28.3 Å². The van der Waals surface area contributed by atoms with Crippen LogP contribution in [0.25, 0.3) is 0 Å². The van der Waals surface area contributed by atoms with Crippen LogP contribution in [-0.2, 0) is 0 Å². The molecule has 22 heavy (non-hydrogen) atoms. The van der Waals surface area contributed by atoms with Crippen LogP contribution in [0.1, 0.15) is 37.0 Å². The van der Waals surface area contributed by atoms with E-state index in [1.807, 2.05) is 13.8 Å². The van der Waals surface area contributed by atoms with E-state index in [-0.39, 0.29) is 23.9 Å². The maximum Gasteiger partial charge on any atom is 0.251 e. The third-order valence-electron chi connectivity index (χ3n) is 3.87. The van der Waals surface area contributed by atoms with Crippen molar-refractivity contribution >= 4 is 34.2 Å². The van der Waals surface area contributed by atoms with Gasteiger partial charge in [-0.2, -0.15) is 0 Å². The summed E-state index contributed by atoms with van der Waals surface area (Å²) in [6.07, 6.45) is 1.63. The highest BCUT2D eigenvalue weighted by atomic mass is 79.9. The van der Waals surface area contributed by atoms with E-state index in [0.29, 0.717) is 36.8 Å². The molecule has 0 atom stereocenters. The number of halogens is 2. The van der Waals surface area contributed by atoms with Gasteiger partial charge in [-0.1, -0.05) is 13.8 Å². The maximum absolute atomic E-state index is 12.3. The predicted molar refractivity (Wildman–Crippen MR) is 92.2 cm³/mol.